The minimum absolute atomic E-state index is 0.0129. The molecule has 1 heterocycles. The standard InChI is InChI=1S/C15H19F3N2O4/c1-14(2,3)24-7-6-11(13(22)23)20-12(21)10-5-4-9(8-19-10)15(16,17)18/h4-5,8,11H,6-7H2,1-3H3,(H,20,21)(H,22,23). The molecule has 1 unspecified atom stereocenters. The van der Waals surface area contributed by atoms with Gasteiger partial charge >= 0.3 is 12.1 Å². The van der Waals surface area contributed by atoms with Gasteiger partial charge in [-0.3, -0.25) is 9.78 Å². The summed E-state index contributed by atoms with van der Waals surface area (Å²) in [5.74, 6) is -2.14. The highest BCUT2D eigenvalue weighted by molar-refractivity contribution is 5.94. The Balaban J connectivity index is 2.70. The Kier molecular flexibility index (Phi) is 6.30. The van der Waals surface area contributed by atoms with Gasteiger partial charge in [-0.2, -0.15) is 13.2 Å². The van der Waals surface area contributed by atoms with E-state index in [2.05, 4.69) is 10.3 Å². The molecule has 24 heavy (non-hydrogen) atoms. The molecule has 0 saturated carbocycles. The highest BCUT2D eigenvalue weighted by Gasteiger charge is 2.31. The molecule has 0 aliphatic heterocycles. The third-order valence-electron chi connectivity index (χ3n) is 2.87. The van der Waals surface area contributed by atoms with E-state index in [0.29, 0.717) is 12.3 Å². The topological polar surface area (TPSA) is 88.5 Å². The summed E-state index contributed by atoms with van der Waals surface area (Å²) in [5, 5.41) is 11.3. The van der Waals surface area contributed by atoms with Crippen LogP contribution in [0.5, 0.6) is 0 Å². The molecule has 0 aliphatic rings. The summed E-state index contributed by atoms with van der Waals surface area (Å²) in [7, 11) is 0. The number of amides is 1. The summed E-state index contributed by atoms with van der Waals surface area (Å²) >= 11 is 0. The third-order valence-corrected chi connectivity index (χ3v) is 2.87. The van der Waals surface area contributed by atoms with Crippen molar-refractivity contribution in [1.29, 1.82) is 0 Å². The molecule has 6 nitrogen and oxygen atoms in total. The number of aliphatic carboxylic acids is 1. The van der Waals surface area contributed by atoms with Crippen molar-refractivity contribution in [2.45, 2.75) is 45.0 Å². The SMILES string of the molecule is CC(C)(C)OCCC(NC(=O)c1ccc(C(F)(F)F)cn1)C(=O)O. The van der Waals surface area contributed by atoms with E-state index in [1.807, 2.05) is 0 Å². The van der Waals surface area contributed by atoms with Crippen LogP contribution in [0.15, 0.2) is 18.3 Å². The zero-order valence-corrected chi connectivity index (χ0v) is 13.5. The predicted molar refractivity (Wildman–Crippen MR) is 78.5 cm³/mol. The summed E-state index contributed by atoms with van der Waals surface area (Å²) in [6.07, 6.45) is -4.03. The number of pyridine rings is 1. The number of hydrogen-bond donors (Lipinski definition) is 2. The molecule has 134 valence electrons. The van der Waals surface area contributed by atoms with Crippen LogP contribution >= 0.6 is 0 Å². The monoisotopic (exact) mass is 348 g/mol. The van der Waals surface area contributed by atoms with Crippen molar-refractivity contribution < 1.29 is 32.6 Å². The number of carbonyl (C=O) groups is 2. The second kappa shape index (κ2) is 7.61. The van der Waals surface area contributed by atoms with Crippen LogP contribution in [-0.2, 0) is 15.7 Å². The number of alkyl halides is 3. The molecular formula is C15H19F3N2O4. The van der Waals surface area contributed by atoms with E-state index in [1.165, 1.54) is 0 Å². The van der Waals surface area contributed by atoms with Gasteiger partial charge in [0.25, 0.3) is 5.91 Å². The summed E-state index contributed by atoms with van der Waals surface area (Å²) in [6, 6.07) is 0.368. The molecular weight excluding hydrogens is 329 g/mol. The van der Waals surface area contributed by atoms with Crippen molar-refractivity contribution >= 4 is 11.9 Å². The molecule has 9 heteroatoms. The molecule has 1 aromatic rings. The van der Waals surface area contributed by atoms with E-state index in [4.69, 9.17) is 9.84 Å². The van der Waals surface area contributed by atoms with Crippen molar-refractivity contribution in [1.82, 2.24) is 10.3 Å². The molecule has 0 radical (unpaired) electrons. The van der Waals surface area contributed by atoms with Gasteiger partial charge in [-0.15, -0.1) is 0 Å². The van der Waals surface area contributed by atoms with Crippen LogP contribution in [0.25, 0.3) is 0 Å². The van der Waals surface area contributed by atoms with Gasteiger partial charge in [0.05, 0.1) is 11.2 Å². The van der Waals surface area contributed by atoms with Gasteiger partial charge in [0.15, 0.2) is 0 Å². The smallest absolute Gasteiger partial charge is 0.417 e. The van der Waals surface area contributed by atoms with Crippen LogP contribution in [0.2, 0.25) is 0 Å². The minimum atomic E-state index is -4.56. The Morgan fingerprint density at radius 1 is 1.29 bits per heavy atom. The zero-order valence-electron chi connectivity index (χ0n) is 13.5. The molecule has 2 N–H and O–H groups in total. The molecule has 0 fully saturated rings. The first-order valence-corrected chi connectivity index (χ1v) is 7.11. The van der Waals surface area contributed by atoms with E-state index in [9.17, 15) is 22.8 Å². The first kappa shape index (κ1) is 19.9. The Labute approximate surface area is 137 Å². The number of nitrogens with zero attached hydrogens (tertiary/aromatic N) is 1. The lowest BCUT2D eigenvalue weighted by Gasteiger charge is -2.21. The average molecular weight is 348 g/mol. The fourth-order valence-corrected chi connectivity index (χ4v) is 1.67. The minimum Gasteiger partial charge on any atom is -0.480 e. The molecule has 0 saturated heterocycles. The molecule has 0 bridgehead atoms. The Bertz CT molecular complexity index is 580. The molecule has 1 aromatic heterocycles. The van der Waals surface area contributed by atoms with E-state index in [-0.39, 0.29) is 18.7 Å². The normalized spacial score (nSPS) is 13.4. The van der Waals surface area contributed by atoms with Gasteiger partial charge < -0.3 is 15.2 Å². The number of rotatable bonds is 6. The fourth-order valence-electron chi connectivity index (χ4n) is 1.67. The van der Waals surface area contributed by atoms with E-state index in [0.717, 1.165) is 6.07 Å². The van der Waals surface area contributed by atoms with Gasteiger partial charge in [0.1, 0.15) is 11.7 Å². The van der Waals surface area contributed by atoms with Crippen LogP contribution in [0, 0.1) is 0 Å². The van der Waals surface area contributed by atoms with Crippen molar-refractivity contribution in [2.24, 2.45) is 0 Å². The Morgan fingerprint density at radius 2 is 1.92 bits per heavy atom. The number of ether oxygens (including phenoxy) is 1. The van der Waals surface area contributed by atoms with Crippen LogP contribution < -0.4 is 5.32 Å². The van der Waals surface area contributed by atoms with Crippen molar-refractivity contribution in [2.75, 3.05) is 6.61 Å². The molecule has 1 rings (SSSR count). The van der Waals surface area contributed by atoms with Gasteiger partial charge in [-0.25, -0.2) is 4.79 Å². The number of carboxylic acid groups (broad SMARTS) is 1. The highest BCUT2D eigenvalue weighted by atomic mass is 19.4. The lowest BCUT2D eigenvalue weighted by molar-refractivity contribution is -0.140. The average Bonchev–Trinajstić information content (AvgIpc) is 2.43. The van der Waals surface area contributed by atoms with Crippen molar-refractivity contribution in [3.8, 4) is 0 Å². The van der Waals surface area contributed by atoms with E-state index in [1.54, 1.807) is 20.8 Å². The number of nitrogens with one attached hydrogen (secondary N) is 1. The maximum atomic E-state index is 12.4. The van der Waals surface area contributed by atoms with Gasteiger partial charge in [0.2, 0.25) is 0 Å². The Morgan fingerprint density at radius 3 is 2.33 bits per heavy atom. The zero-order chi connectivity index (χ0) is 18.5. The van der Waals surface area contributed by atoms with Crippen molar-refractivity contribution in [3.05, 3.63) is 29.6 Å². The lowest BCUT2D eigenvalue weighted by atomic mass is 10.1. The summed E-state index contributed by atoms with van der Waals surface area (Å²) < 4.78 is 42.7. The van der Waals surface area contributed by atoms with E-state index >= 15 is 0 Å². The third kappa shape index (κ3) is 6.53. The Hall–Kier alpha value is -2.16. The number of hydrogen-bond acceptors (Lipinski definition) is 4. The van der Waals surface area contributed by atoms with Crippen molar-refractivity contribution in [3.63, 3.8) is 0 Å². The second-order valence-electron chi connectivity index (χ2n) is 6.04. The maximum Gasteiger partial charge on any atom is 0.417 e. The number of aromatic nitrogens is 1. The largest absolute Gasteiger partial charge is 0.480 e. The molecule has 0 aromatic carbocycles. The molecule has 0 aliphatic carbocycles. The van der Waals surface area contributed by atoms with Gasteiger partial charge in [-0.05, 0) is 32.9 Å². The molecule has 0 spiro atoms. The first-order chi connectivity index (χ1) is 10.9. The quantitative estimate of drug-likeness (QED) is 0.825. The van der Waals surface area contributed by atoms with E-state index < -0.39 is 35.3 Å². The predicted octanol–water partition coefficient (Wildman–Crippen LogP) is 2.49. The number of halogens is 3. The second-order valence-corrected chi connectivity index (χ2v) is 6.04. The summed E-state index contributed by atoms with van der Waals surface area (Å²) in [5.41, 5.74) is -1.75. The van der Waals surface area contributed by atoms with Crippen LogP contribution in [0.1, 0.15) is 43.2 Å². The number of carboxylic acids is 1. The maximum absolute atomic E-state index is 12.4. The number of carbonyl (C=O) groups excluding carboxylic acids is 1. The van der Waals surface area contributed by atoms with Gasteiger partial charge in [0, 0.05) is 19.2 Å². The van der Waals surface area contributed by atoms with Crippen LogP contribution in [0.3, 0.4) is 0 Å². The summed E-state index contributed by atoms with van der Waals surface area (Å²) in [4.78, 5) is 26.5. The lowest BCUT2D eigenvalue weighted by Crippen LogP contribution is -2.42. The fraction of sp³-hybridized carbons (Fsp3) is 0.533. The van der Waals surface area contributed by atoms with Gasteiger partial charge in [-0.1, -0.05) is 0 Å². The summed E-state index contributed by atoms with van der Waals surface area (Å²) in [6.45, 7) is 5.50. The molecule has 1 amide bonds. The molecule has 1 atom stereocenters. The highest BCUT2D eigenvalue weighted by Crippen LogP contribution is 2.28. The first-order valence-electron chi connectivity index (χ1n) is 7.11. The van der Waals surface area contributed by atoms with Crippen LogP contribution in [0.4, 0.5) is 13.2 Å². The van der Waals surface area contributed by atoms with Crippen LogP contribution in [-0.4, -0.2) is 40.2 Å².